The van der Waals surface area contributed by atoms with E-state index in [1.807, 2.05) is 0 Å². The number of carbonyl (C=O) groups is 2. The van der Waals surface area contributed by atoms with Gasteiger partial charge in [0.1, 0.15) is 6.61 Å². The van der Waals surface area contributed by atoms with Crippen molar-refractivity contribution < 1.29 is 19.4 Å². The molecule has 1 saturated heterocycles. The Balaban J connectivity index is 1.46. The molecule has 7 heteroatoms. The minimum Gasteiger partial charge on any atom is -0.444 e. The van der Waals surface area contributed by atoms with E-state index in [0.29, 0.717) is 30.2 Å². The first kappa shape index (κ1) is 19.2. The first-order chi connectivity index (χ1) is 13.0. The Morgan fingerprint density at radius 1 is 1.11 bits per heavy atom. The van der Waals surface area contributed by atoms with Gasteiger partial charge in [-0.2, -0.15) is 0 Å². The largest absolute Gasteiger partial charge is 0.444 e. The maximum atomic E-state index is 12.2. The molecule has 0 aromatic heterocycles. The van der Waals surface area contributed by atoms with Gasteiger partial charge in [0.05, 0.1) is 12.5 Å². The quantitative estimate of drug-likeness (QED) is 0.824. The fraction of sp³-hybridized carbons (Fsp3) is 0.300. The van der Waals surface area contributed by atoms with E-state index in [0.717, 1.165) is 11.1 Å². The summed E-state index contributed by atoms with van der Waals surface area (Å²) in [5.74, 6) is -0.00497. The molecule has 0 bridgehead atoms. The number of amides is 2. The van der Waals surface area contributed by atoms with Gasteiger partial charge in [-0.1, -0.05) is 35.9 Å². The maximum absolute atomic E-state index is 12.2. The van der Waals surface area contributed by atoms with Gasteiger partial charge in [-0.3, -0.25) is 10.1 Å². The van der Waals surface area contributed by atoms with Crippen LogP contribution in [0.15, 0.2) is 48.5 Å². The molecular weight excluding hydrogens is 368 g/mol. The first-order valence-corrected chi connectivity index (χ1v) is 9.10. The predicted molar refractivity (Wildman–Crippen MR) is 103 cm³/mol. The molecule has 142 valence electrons. The van der Waals surface area contributed by atoms with Crippen molar-refractivity contribution in [3.63, 3.8) is 0 Å². The zero-order valence-corrected chi connectivity index (χ0v) is 15.5. The van der Waals surface area contributed by atoms with Crippen molar-refractivity contribution in [2.75, 3.05) is 18.4 Å². The van der Waals surface area contributed by atoms with Gasteiger partial charge in [0.15, 0.2) is 0 Å². The fourth-order valence-electron chi connectivity index (χ4n) is 2.84. The van der Waals surface area contributed by atoms with E-state index in [1.54, 1.807) is 53.4 Å². The smallest absolute Gasteiger partial charge is 0.411 e. The molecular formula is C20H21ClN2O4. The summed E-state index contributed by atoms with van der Waals surface area (Å²) < 4.78 is 5.17. The van der Waals surface area contributed by atoms with Gasteiger partial charge in [0, 0.05) is 23.8 Å². The minimum atomic E-state index is -0.556. The molecule has 1 fully saturated rings. The van der Waals surface area contributed by atoms with Crippen molar-refractivity contribution >= 4 is 29.3 Å². The summed E-state index contributed by atoms with van der Waals surface area (Å²) in [7, 11) is 0. The molecule has 0 saturated carbocycles. The van der Waals surface area contributed by atoms with Gasteiger partial charge in [0.25, 0.3) is 0 Å². The summed E-state index contributed by atoms with van der Waals surface area (Å²) in [6.07, 6.45) is -0.0694. The summed E-state index contributed by atoms with van der Waals surface area (Å²) in [6, 6.07) is 14.1. The maximum Gasteiger partial charge on any atom is 0.411 e. The second-order valence-electron chi connectivity index (χ2n) is 6.48. The number of aliphatic hydroxyl groups excluding tert-OH is 1. The van der Waals surface area contributed by atoms with Crippen LogP contribution in [-0.4, -0.2) is 41.2 Å². The number of nitrogens with zero attached hydrogens (tertiary/aromatic N) is 1. The van der Waals surface area contributed by atoms with Crippen LogP contribution in [0.4, 0.5) is 10.5 Å². The van der Waals surface area contributed by atoms with Gasteiger partial charge in [-0.25, -0.2) is 4.79 Å². The molecule has 2 N–H and O–H groups in total. The number of benzene rings is 2. The van der Waals surface area contributed by atoms with Crippen LogP contribution < -0.4 is 5.32 Å². The number of β-amino-alcohol motifs (C(OH)–C–C–N with tert-alkyl or cyclic N) is 1. The van der Waals surface area contributed by atoms with Crippen LogP contribution in [0.2, 0.25) is 5.02 Å². The van der Waals surface area contributed by atoms with Gasteiger partial charge in [-0.15, -0.1) is 0 Å². The van der Waals surface area contributed by atoms with Gasteiger partial charge in [0.2, 0.25) is 5.91 Å². The van der Waals surface area contributed by atoms with Crippen LogP contribution in [0.3, 0.4) is 0 Å². The normalized spacial score (nSPS) is 16.2. The van der Waals surface area contributed by atoms with Crippen molar-refractivity contribution in [3.8, 4) is 0 Å². The standard InChI is InChI=1S/C20H21ClN2O4/c21-16-5-1-15(2-6-16)13-27-20(26)22-17-7-3-14(4-8-17)11-19(25)23-10-9-18(24)12-23/h1-8,18,24H,9-13H2,(H,22,26)/t18-/m0/s1. The van der Waals surface area contributed by atoms with Crippen molar-refractivity contribution in [3.05, 3.63) is 64.7 Å². The number of hydrogen-bond acceptors (Lipinski definition) is 4. The molecule has 1 aliphatic rings. The van der Waals surface area contributed by atoms with E-state index in [4.69, 9.17) is 16.3 Å². The lowest BCUT2D eigenvalue weighted by Gasteiger charge is -2.15. The highest BCUT2D eigenvalue weighted by Gasteiger charge is 2.24. The second-order valence-corrected chi connectivity index (χ2v) is 6.92. The van der Waals surface area contributed by atoms with Crippen LogP contribution in [0.1, 0.15) is 17.5 Å². The third kappa shape index (κ3) is 5.70. The van der Waals surface area contributed by atoms with Crippen LogP contribution in [0.5, 0.6) is 0 Å². The third-order valence-corrected chi connectivity index (χ3v) is 4.61. The van der Waals surface area contributed by atoms with E-state index >= 15 is 0 Å². The van der Waals surface area contributed by atoms with Gasteiger partial charge >= 0.3 is 6.09 Å². The van der Waals surface area contributed by atoms with E-state index in [9.17, 15) is 14.7 Å². The summed E-state index contributed by atoms with van der Waals surface area (Å²) in [5.41, 5.74) is 2.28. The summed E-state index contributed by atoms with van der Waals surface area (Å²) in [5, 5.41) is 12.8. The highest BCUT2D eigenvalue weighted by Crippen LogP contribution is 2.15. The lowest BCUT2D eigenvalue weighted by Crippen LogP contribution is -2.30. The number of halogens is 1. The van der Waals surface area contributed by atoms with Crippen LogP contribution in [0, 0.1) is 0 Å². The number of hydrogen-bond donors (Lipinski definition) is 2. The van der Waals surface area contributed by atoms with Crippen LogP contribution in [-0.2, 0) is 22.6 Å². The Labute approximate surface area is 162 Å². The van der Waals surface area contributed by atoms with E-state index in [1.165, 1.54) is 0 Å². The molecule has 6 nitrogen and oxygen atoms in total. The summed E-state index contributed by atoms with van der Waals surface area (Å²) in [6.45, 7) is 1.15. The van der Waals surface area contributed by atoms with Crippen molar-refractivity contribution in [1.82, 2.24) is 4.90 Å². The zero-order valence-electron chi connectivity index (χ0n) is 14.7. The topological polar surface area (TPSA) is 78.9 Å². The average molecular weight is 389 g/mol. The number of carbonyl (C=O) groups excluding carboxylic acids is 2. The molecule has 1 atom stereocenters. The Morgan fingerprint density at radius 3 is 2.41 bits per heavy atom. The Bertz CT molecular complexity index is 793. The number of nitrogens with one attached hydrogen (secondary N) is 1. The molecule has 0 unspecified atom stereocenters. The van der Waals surface area contributed by atoms with Crippen molar-refractivity contribution in [2.45, 2.75) is 25.6 Å². The highest BCUT2D eigenvalue weighted by molar-refractivity contribution is 6.30. The molecule has 1 heterocycles. The highest BCUT2D eigenvalue weighted by atomic mass is 35.5. The van der Waals surface area contributed by atoms with Gasteiger partial charge < -0.3 is 14.7 Å². The first-order valence-electron chi connectivity index (χ1n) is 8.72. The average Bonchev–Trinajstić information content (AvgIpc) is 3.09. The van der Waals surface area contributed by atoms with E-state index in [-0.39, 0.29) is 18.9 Å². The molecule has 3 rings (SSSR count). The molecule has 2 aromatic carbocycles. The Morgan fingerprint density at radius 2 is 1.78 bits per heavy atom. The lowest BCUT2D eigenvalue weighted by atomic mass is 10.1. The van der Waals surface area contributed by atoms with Gasteiger partial charge in [-0.05, 0) is 41.8 Å². The van der Waals surface area contributed by atoms with Crippen molar-refractivity contribution in [2.24, 2.45) is 0 Å². The molecule has 2 aromatic rings. The monoisotopic (exact) mass is 388 g/mol. The van der Waals surface area contributed by atoms with E-state index < -0.39 is 12.2 Å². The third-order valence-electron chi connectivity index (χ3n) is 4.35. The lowest BCUT2D eigenvalue weighted by molar-refractivity contribution is -0.129. The molecule has 0 spiro atoms. The van der Waals surface area contributed by atoms with Crippen LogP contribution in [0.25, 0.3) is 0 Å². The number of anilines is 1. The number of aliphatic hydroxyl groups is 1. The summed E-state index contributed by atoms with van der Waals surface area (Å²) in [4.78, 5) is 25.7. The molecule has 1 aliphatic heterocycles. The number of ether oxygens (including phenoxy) is 1. The Hall–Kier alpha value is -2.57. The van der Waals surface area contributed by atoms with Crippen LogP contribution >= 0.6 is 11.6 Å². The molecule has 0 aliphatic carbocycles. The number of likely N-dealkylation sites (tertiary alicyclic amines) is 1. The zero-order chi connectivity index (χ0) is 19.2. The van der Waals surface area contributed by atoms with E-state index in [2.05, 4.69) is 5.32 Å². The second kappa shape index (κ2) is 8.88. The SMILES string of the molecule is O=C(Nc1ccc(CC(=O)N2CC[C@H](O)C2)cc1)OCc1ccc(Cl)cc1. The summed E-state index contributed by atoms with van der Waals surface area (Å²) >= 11 is 5.81. The fourth-order valence-corrected chi connectivity index (χ4v) is 2.97. The Kier molecular flexibility index (Phi) is 6.32. The van der Waals surface area contributed by atoms with Crippen molar-refractivity contribution in [1.29, 1.82) is 0 Å². The number of rotatable bonds is 5. The minimum absolute atomic E-state index is 0.00497. The molecule has 2 amide bonds. The predicted octanol–water partition coefficient (Wildman–Crippen LogP) is 3.22. The molecule has 0 radical (unpaired) electrons. The molecule has 27 heavy (non-hydrogen) atoms.